The summed E-state index contributed by atoms with van der Waals surface area (Å²) < 4.78 is 2.83. The van der Waals surface area contributed by atoms with Crippen molar-refractivity contribution >= 4 is 44.7 Å². The predicted octanol–water partition coefficient (Wildman–Crippen LogP) is 5.71. The number of carbonyl (C=O) groups is 1. The van der Waals surface area contributed by atoms with Gasteiger partial charge < -0.3 is 4.57 Å². The maximum Gasteiger partial charge on any atom is 0.161 e. The number of allylic oxidation sites excluding steroid dienone is 3. The molecule has 0 radical (unpaired) electrons. The summed E-state index contributed by atoms with van der Waals surface area (Å²) in [5.74, 6) is 1.21. The van der Waals surface area contributed by atoms with Gasteiger partial charge in [-0.25, -0.2) is 4.98 Å². The van der Waals surface area contributed by atoms with E-state index in [-0.39, 0.29) is 11.7 Å². The Morgan fingerprint density at radius 2 is 2.00 bits per heavy atom. The van der Waals surface area contributed by atoms with Gasteiger partial charge in [0, 0.05) is 45.6 Å². The van der Waals surface area contributed by atoms with Gasteiger partial charge in [-0.05, 0) is 64.5 Å². The van der Waals surface area contributed by atoms with Crippen LogP contribution in [-0.4, -0.2) is 15.3 Å². The molecule has 0 amide bonds. The van der Waals surface area contributed by atoms with Crippen LogP contribution in [0.25, 0.3) is 5.82 Å². The van der Waals surface area contributed by atoms with E-state index in [1.165, 1.54) is 0 Å². The number of halogens is 1. The molecule has 1 aliphatic carbocycles. The van der Waals surface area contributed by atoms with Crippen LogP contribution in [0.2, 0.25) is 0 Å². The third-order valence-electron chi connectivity index (χ3n) is 5.47. The minimum atomic E-state index is -0.345. The molecule has 148 valence electrons. The molecule has 3 aromatic rings. The van der Waals surface area contributed by atoms with Crippen molar-refractivity contribution in [2.75, 3.05) is 4.90 Å². The number of nitrogens with zero attached hydrogens (tertiary/aromatic N) is 4. The number of hydrogen-bond acceptors (Lipinski definition) is 5. The molecule has 2 aliphatic rings. The number of carbonyl (C=O) groups excluding carboxylic acids is 1. The van der Waals surface area contributed by atoms with Crippen molar-refractivity contribution in [3.63, 3.8) is 0 Å². The average molecular weight is 477 g/mol. The number of nitriles is 1. The molecule has 1 unspecified atom stereocenters. The molecule has 0 saturated heterocycles. The predicted molar refractivity (Wildman–Crippen MR) is 121 cm³/mol. The molecule has 1 atom stereocenters. The van der Waals surface area contributed by atoms with E-state index in [9.17, 15) is 10.1 Å². The van der Waals surface area contributed by atoms with Crippen LogP contribution in [-0.2, 0) is 4.79 Å². The zero-order valence-corrected chi connectivity index (χ0v) is 18.4. The minimum absolute atomic E-state index is 0.121. The van der Waals surface area contributed by atoms with E-state index in [1.807, 2.05) is 63.6 Å². The van der Waals surface area contributed by atoms with Crippen LogP contribution >= 0.6 is 27.3 Å². The summed E-state index contributed by atoms with van der Waals surface area (Å²) in [7, 11) is 0. The first-order valence-corrected chi connectivity index (χ1v) is 11.3. The fourth-order valence-corrected chi connectivity index (χ4v) is 5.34. The van der Waals surface area contributed by atoms with Crippen molar-refractivity contribution in [1.29, 1.82) is 5.26 Å². The van der Waals surface area contributed by atoms with Gasteiger partial charge in [-0.2, -0.15) is 5.26 Å². The molecule has 5 rings (SSSR count). The maximum atomic E-state index is 13.2. The number of Topliss-reactive ketones (excluding diaryl/α,β-unsaturated/α-hetero) is 1. The van der Waals surface area contributed by atoms with Gasteiger partial charge in [0.1, 0.15) is 11.6 Å². The second-order valence-corrected chi connectivity index (χ2v) is 9.09. The first-order valence-electron chi connectivity index (χ1n) is 9.68. The lowest BCUT2D eigenvalue weighted by molar-refractivity contribution is -0.116. The van der Waals surface area contributed by atoms with Crippen LogP contribution in [0.15, 0.2) is 81.7 Å². The number of thiophene rings is 1. The van der Waals surface area contributed by atoms with Crippen molar-refractivity contribution in [3.8, 4) is 6.07 Å². The first-order chi connectivity index (χ1) is 14.7. The quantitative estimate of drug-likeness (QED) is 0.485. The highest BCUT2D eigenvalue weighted by Crippen LogP contribution is 2.49. The van der Waals surface area contributed by atoms with Crippen molar-refractivity contribution in [1.82, 2.24) is 9.55 Å². The first kappa shape index (κ1) is 19.0. The Morgan fingerprint density at radius 3 is 2.67 bits per heavy atom. The van der Waals surface area contributed by atoms with Gasteiger partial charge >= 0.3 is 0 Å². The number of rotatable bonds is 3. The highest BCUT2D eigenvalue weighted by molar-refractivity contribution is 9.10. The monoisotopic (exact) mass is 476 g/mol. The van der Waals surface area contributed by atoms with Crippen molar-refractivity contribution in [2.45, 2.75) is 25.2 Å². The number of hydrogen-bond donors (Lipinski definition) is 0. The lowest BCUT2D eigenvalue weighted by Gasteiger charge is -2.40. The van der Waals surface area contributed by atoms with E-state index in [1.54, 1.807) is 17.5 Å². The third kappa shape index (κ3) is 3.04. The van der Waals surface area contributed by atoms with E-state index in [2.05, 4.69) is 27.0 Å². The Morgan fingerprint density at radius 1 is 1.17 bits per heavy atom. The van der Waals surface area contributed by atoms with Crippen LogP contribution in [0.5, 0.6) is 0 Å². The summed E-state index contributed by atoms with van der Waals surface area (Å²) in [6.07, 6.45) is 7.68. The third-order valence-corrected chi connectivity index (χ3v) is 6.87. The van der Waals surface area contributed by atoms with Gasteiger partial charge in [0.25, 0.3) is 0 Å². The maximum absolute atomic E-state index is 13.2. The summed E-state index contributed by atoms with van der Waals surface area (Å²) in [6, 6.07) is 14.1. The lowest BCUT2D eigenvalue weighted by atomic mass is 9.78. The second-order valence-electron chi connectivity index (χ2n) is 7.19. The topological polar surface area (TPSA) is 61.9 Å². The second kappa shape index (κ2) is 7.71. The molecular formula is C23H17BrN4OS. The van der Waals surface area contributed by atoms with Crippen molar-refractivity contribution in [3.05, 3.63) is 86.6 Å². The Kier molecular flexibility index (Phi) is 4.89. The summed E-state index contributed by atoms with van der Waals surface area (Å²) >= 11 is 5.03. The van der Waals surface area contributed by atoms with Crippen LogP contribution in [0.1, 0.15) is 30.1 Å². The summed E-state index contributed by atoms with van der Waals surface area (Å²) in [5, 5.41) is 12.3. The molecule has 30 heavy (non-hydrogen) atoms. The summed E-state index contributed by atoms with van der Waals surface area (Å²) in [5.41, 5.74) is 2.25. The van der Waals surface area contributed by atoms with Crippen molar-refractivity contribution in [2.24, 2.45) is 0 Å². The van der Waals surface area contributed by atoms with Crippen LogP contribution in [0.3, 0.4) is 0 Å². The smallest absolute Gasteiger partial charge is 0.161 e. The fourth-order valence-electron chi connectivity index (χ4n) is 4.26. The van der Waals surface area contributed by atoms with Crippen LogP contribution in [0.4, 0.5) is 5.82 Å². The van der Waals surface area contributed by atoms with E-state index in [0.717, 1.165) is 39.3 Å². The van der Waals surface area contributed by atoms with Crippen LogP contribution in [0, 0.1) is 11.3 Å². The number of pyridine rings is 1. The molecule has 7 heteroatoms. The lowest BCUT2D eigenvalue weighted by Crippen LogP contribution is -2.36. The Balaban J connectivity index is 1.84. The molecule has 0 aromatic carbocycles. The van der Waals surface area contributed by atoms with Gasteiger partial charge in [-0.15, -0.1) is 11.3 Å². The molecule has 0 saturated carbocycles. The van der Waals surface area contributed by atoms with Crippen LogP contribution < -0.4 is 4.90 Å². The van der Waals surface area contributed by atoms with E-state index < -0.39 is 0 Å². The molecule has 0 spiro atoms. The molecule has 0 fully saturated rings. The van der Waals surface area contributed by atoms with Gasteiger partial charge in [-0.1, -0.05) is 6.07 Å². The molecular weight excluding hydrogens is 460 g/mol. The minimum Gasteiger partial charge on any atom is -0.309 e. The molecule has 1 aliphatic heterocycles. The zero-order chi connectivity index (χ0) is 20.7. The van der Waals surface area contributed by atoms with E-state index in [0.29, 0.717) is 17.8 Å². The zero-order valence-electron chi connectivity index (χ0n) is 16.0. The average Bonchev–Trinajstić information content (AvgIpc) is 3.47. The number of ketones is 1. The Labute approximate surface area is 186 Å². The van der Waals surface area contributed by atoms with E-state index >= 15 is 0 Å². The molecule has 5 nitrogen and oxygen atoms in total. The molecule has 3 aromatic heterocycles. The highest BCUT2D eigenvalue weighted by Gasteiger charge is 2.42. The molecule has 0 N–H and O–H groups in total. The van der Waals surface area contributed by atoms with Gasteiger partial charge in [-0.3, -0.25) is 9.69 Å². The fraction of sp³-hybridized carbons (Fsp3) is 0.174. The summed E-state index contributed by atoms with van der Waals surface area (Å²) in [4.78, 5) is 20.8. The normalized spacial score (nSPS) is 19.1. The number of aromatic nitrogens is 2. The summed E-state index contributed by atoms with van der Waals surface area (Å²) in [6.45, 7) is 0. The van der Waals surface area contributed by atoms with Crippen molar-refractivity contribution < 1.29 is 4.79 Å². The number of anilines is 1. The standard InChI is InChI=1S/C23H17BrN4OS/c24-15-8-9-20(26-14-15)28-17-5-3-6-18(29)22(17)21(19-7-4-12-30-19)16(13-25)23(28)27-10-1-2-11-27/h1-2,4,7-12,14,21H,3,5-6H2. The molecule has 0 bridgehead atoms. The van der Waals surface area contributed by atoms with E-state index in [4.69, 9.17) is 0 Å². The van der Waals surface area contributed by atoms with Gasteiger partial charge in [0.2, 0.25) is 0 Å². The Bertz CT molecular complexity index is 1200. The SMILES string of the molecule is N#CC1=C(n2cccc2)N(c2ccc(Br)cn2)C2=C(C(=O)CCC2)C1c1cccs1. The Hall–Kier alpha value is -2.95. The van der Waals surface area contributed by atoms with Gasteiger partial charge in [0.15, 0.2) is 5.78 Å². The van der Waals surface area contributed by atoms with Gasteiger partial charge in [0.05, 0.1) is 17.6 Å². The molecule has 4 heterocycles. The largest absolute Gasteiger partial charge is 0.309 e. The highest BCUT2D eigenvalue weighted by atomic mass is 79.9.